The predicted molar refractivity (Wildman–Crippen MR) is 63.1 cm³/mol. The maximum Gasteiger partial charge on any atom is 0.129 e. The van der Waals surface area contributed by atoms with Crippen LogP contribution in [0.25, 0.3) is 0 Å². The second kappa shape index (κ2) is 4.82. The van der Waals surface area contributed by atoms with E-state index in [1.807, 2.05) is 30.1 Å². The highest BCUT2D eigenvalue weighted by Gasteiger charge is 1.97. The van der Waals surface area contributed by atoms with Gasteiger partial charge in [0.25, 0.3) is 0 Å². The van der Waals surface area contributed by atoms with E-state index in [9.17, 15) is 0 Å². The van der Waals surface area contributed by atoms with Crippen molar-refractivity contribution in [3.05, 3.63) is 46.6 Å². The molecule has 0 amide bonds. The number of thioether (sulfide) groups is 1. The van der Waals surface area contributed by atoms with E-state index >= 15 is 0 Å². The van der Waals surface area contributed by atoms with E-state index < -0.39 is 0 Å². The highest BCUT2D eigenvalue weighted by atomic mass is 35.5. The molecule has 0 atom stereocenters. The summed E-state index contributed by atoms with van der Waals surface area (Å²) in [6, 6.07) is 8.02. The van der Waals surface area contributed by atoms with Crippen molar-refractivity contribution < 1.29 is 0 Å². The summed E-state index contributed by atoms with van der Waals surface area (Å²) in [6.07, 6.45) is 1.82. The van der Waals surface area contributed by atoms with Crippen LogP contribution in [0.5, 0.6) is 0 Å². The molecule has 0 aromatic carbocycles. The Morgan fingerprint density at radius 2 is 2.29 bits per heavy atom. The molecule has 0 radical (unpaired) electrons. The number of thiophene rings is 1. The SMILES string of the molecule is Clc1ccc(CSc2cccs2)cn1. The summed E-state index contributed by atoms with van der Waals surface area (Å²) in [5, 5.41) is 2.64. The van der Waals surface area contributed by atoms with Gasteiger partial charge >= 0.3 is 0 Å². The van der Waals surface area contributed by atoms with Crippen LogP contribution in [0.1, 0.15) is 5.56 Å². The summed E-state index contributed by atoms with van der Waals surface area (Å²) in [5.41, 5.74) is 1.20. The Bertz CT molecular complexity index is 383. The number of halogens is 1. The van der Waals surface area contributed by atoms with E-state index in [1.54, 1.807) is 11.3 Å². The van der Waals surface area contributed by atoms with E-state index in [4.69, 9.17) is 11.6 Å². The second-order valence-electron chi connectivity index (χ2n) is 2.71. The molecule has 2 rings (SSSR count). The normalized spacial score (nSPS) is 10.4. The molecule has 2 heterocycles. The van der Waals surface area contributed by atoms with Crippen LogP contribution in [0.2, 0.25) is 5.15 Å². The largest absolute Gasteiger partial charge is 0.244 e. The fourth-order valence-corrected chi connectivity index (χ4v) is 2.82. The standard InChI is InChI=1S/C10H8ClNS2/c11-9-4-3-8(6-12-9)7-14-10-2-1-5-13-10/h1-6H,7H2. The zero-order valence-corrected chi connectivity index (χ0v) is 9.70. The fraction of sp³-hybridized carbons (Fsp3) is 0.100. The molecule has 0 bridgehead atoms. The molecule has 2 aromatic rings. The van der Waals surface area contributed by atoms with Gasteiger partial charge in [0, 0.05) is 11.9 Å². The molecular weight excluding hydrogens is 234 g/mol. The van der Waals surface area contributed by atoms with Gasteiger partial charge in [-0.25, -0.2) is 4.98 Å². The average Bonchev–Trinajstić information content (AvgIpc) is 2.70. The van der Waals surface area contributed by atoms with Gasteiger partial charge in [-0.3, -0.25) is 0 Å². The van der Waals surface area contributed by atoms with Gasteiger partial charge in [0.1, 0.15) is 5.15 Å². The molecule has 0 saturated carbocycles. The van der Waals surface area contributed by atoms with E-state index in [-0.39, 0.29) is 0 Å². The monoisotopic (exact) mass is 241 g/mol. The molecule has 2 aromatic heterocycles. The molecular formula is C10H8ClNS2. The summed E-state index contributed by atoms with van der Waals surface area (Å²) >= 11 is 9.28. The van der Waals surface area contributed by atoms with Crippen LogP contribution >= 0.6 is 34.7 Å². The third-order valence-electron chi connectivity index (χ3n) is 1.66. The lowest BCUT2D eigenvalue weighted by molar-refractivity contribution is 1.25. The second-order valence-corrected chi connectivity index (χ2v) is 5.32. The van der Waals surface area contributed by atoms with Gasteiger partial charge < -0.3 is 0 Å². The van der Waals surface area contributed by atoms with E-state index in [2.05, 4.69) is 22.5 Å². The zero-order valence-electron chi connectivity index (χ0n) is 7.31. The molecule has 0 aliphatic rings. The number of nitrogens with zero attached hydrogens (tertiary/aromatic N) is 1. The topological polar surface area (TPSA) is 12.9 Å². The lowest BCUT2D eigenvalue weighted by atomic mass is 10.3. The number of pyridine rings is 1. The Kier molecular flexibility index (Phi) is 3.45. The van der Waals surface area contributed by atoms with E-state index in [1.165, 1.54) is 9.77 Å². The Morgan fingerprint density at radius 3 is 2.93 bits per heavy atom. The smallest absolute Gasteiger partial charge is 0.129 e. The first kappa shape index (κ1) is 10.0. The van der Waals surface area contributed by atoms with Gasteiger partial charge in [-0.1, -0.05) is 23.7 Å². The van der Waals surface area contributed by atoms with Crippen LogP contribution in [0.15, 0.2) is 40.1 Å². The number of rotatable bonds is 3. The van der Waals surface area contributed by atoms with Crippen LogP contribution in [-0.2, 0) is 5.75 Å². The number of aromatic nitrogens is 1. The lowest BCUT2D eigenvalue weighted by Crippen LogP contribution is -1.81. The van der Waals surface area contributed by atoms with Gasteiger partial charge in [-0.05, 0) is 23.1 Å². The van der Waals surface area contributed by atoms with Crippen LogP contribution in [0.3, 0.4) is 0 Å². The van der Waals surface area contributed by atoms with Crippen molar-refractivity contribution in [1.82, 2.24) is 4.98 Å². The first-order chi connectivity index (χ1) is 6.84. The number of hydrogen-bond acceptors (Lipinski definition) is 3. The molecule has 1 nitrogen and oxygen atoms in total. The van der Waals surface area contributed by atoms with Gasteiger partial charge in [-0.2, -0.15) is 0 Å². The molecule has 0 unspecified atom stereocenters. The van der Waals surface area contributed by atoms with Crippen molar-refractivity contribution in [1.29, 1.82) is 0 Å². The van der Waals surface area contributed by atoms with Crippen molar-refractivity contribution >= 4 is 34.7 Å². The molecule has 0 aliphatic carbocycles. The molecule has 0 fully saturated rings. The highest BCUT2D eigenvalue weighted by Crippen LogP contribution is 2.26. The predicted octanol–water partition coefficient (Wildman–Crippen LogP) is 4.09. The Balaban J connectivity index is 1.95. The first-order valence-corrected chi connectivity index (χ1v) is 6.35. The summed E-state index contributed by atoms with van der Waals surface area (Å²) in [4.78, 5) is 4.03. The minimum absolute atomic E-state index is 0.551. The summed E-state index contributed by atoms with van der Waals surface area (Å²) in [5.74, 6) is 0.949. The maximum atomic E-state index is 5.70. The molecule has 72 valence electrons. The van der Waals surface area contributed by atoms with E-state index in [0.717, 1.165) is 5.75 Å². The van der Waals surface area contributed by atoms with Crippen LogP contribution < -0.4 is 0 Å². The van der Waals surface area contributed by atoms with Gasteiger partial charge in [0.2, 0.25) is 0 Å². The van der Waals surface area contributed by atoms with Crippen molar-refractivity contribution in [3.63, 3.8) is 0 Å². The van der Waals surface area contributed by atoms with Gasteiger partial charge in [0.05, 0.1) is 4.21 Å². The fourth-order valence-electron chi connectivity index (χ4n) is 0.992. The third-order valence-corrected chi connectivity index (χ3v) is 4.09. The Hall–Kier alpha value is -0.510. The van der Waals surface area contributed by atoms with E-state index in [0.29, 0.717) is 5.15 Å². The minimum Gasteiger partial charge on any atom is -0.244 e. The van der Waals surface area contributed by atoms with Crippen LogP contribution in [0.4, 0.5) is 0 Å². The van der Waals surface area contributed by atoms with Crippen molar-refractivity contribution in [2.24, 2.45) is 0 Å². The van der Waals surface area contributed by atoms with Gasteiger partial charge in [-0.15, -0.1) is 23.1 Å². The molecule has 0 saturated heterocycles. The zero-order chi connectivity index (χ0) is 9.80. The molecule has 0 N–H and O–H groups in total. The quantitative estimate of drug-likeness (QED) is 0.593. The van der Waals surface area contributed by atoms with Crippen molar-refractivity contribution in [3.8, 4) is 0 Å². The summed E-state index contributed by atoms with van der Waals surface area (Å²) in [7, 11) is 0. The maximum absolute atomic E-state index is 5.70. The molecule has 14 heavy (non-hydrogen) atoms. The molecule has 4 heteroatoms. The van der Waals surface area contributed by atoms with Crippen LogP contribution in [0, 0.1) is 0 Å². The lowest BCUT2D eigenvalue weighted by Gasteiger charge is -1.98. The van der Waals surface area contributed by atoms with Crippen LogP contribution in [-0.4, -0.2) is 4.98 Å². The summed E-state index contributed by atoms with van der Waals surface area (Å²) in [6.45, 7) is 0. The summed E-state index contributed by atoms with van der Waals surface area (Å²) < 4.78 is 1.33. The third kappa shape index (κ3) is 2.74. The highest BCUT2D eigenvalue weighted by molar-refractivity contribution is 8.00. The average molecular weight is 242 g/mol. The van der Waals surface area contributed by atoms with Gasteiger partial charge in [0.15, 0.2) is 0 Å². The minimum atomic E-state index is 0.551. The van der Waals surface area contributed by atoms with Crippen molar-refractivity contribution in [2.45, 2.75) is 9.96 Å². The Labute approximate surface area is 96.1 Å². The number of hydrogen-bond donors (Lipinski definition) is 0. The first-order valence-electron chi connectivity index (χ1n) is 4.11. The molecule has 0 aliphatic heterocycles. The molecule has 0 spiro atoms. The van der Waals surface area contributed by atoms with Crippen molar-refractivity contribution in [2.75, 3.05) is 0 Å². The Morgan fingerprint density at radius 1 is 1.36 bits per heavy atom.